The zero-order chi connectivity index (χ0) is 23.3. The maximum absolute atomic E-state index is 13.0. The molecular formula is C25H32N4O2S. The molecule has 0 radical (unpaired) electrons. The lowest BCUT2D eigenvalue weighted by Crippen LogP contribution is -2.38. The van der Waals surface area contributed by atoms with Gasteiger partial charge in [0.25, 0.3) is 5.91 Å². The largest absolute Gasteiger partial charge is 0.329 e. The first-order valence-electron chi connectivity index (χ1n) is 11.0. The van der Waals surface area contributed by atoms with E-state index >= 15 is 0 Å². The number of aromatic nitrogens is 2. The third-order valence-corrected chi connectivity index (χ3v) is 6.08. The van der Waals surface area contributed by atoms with Crippen molar-refractivity contribution < 1.29 is 9.59 Å². The third kappa shape index (κ3) is 5.65. The quantitative estimate of drug-likeness (QED) is 0.496. The number of nitrogens with one attached hydrogen (secondary N) is 1. The van der Waals surface area contributed by atoms with Crippen LogP contribution in [0, 0.1) is 6.92 Å². The number of thiophene rings is 1. The molecular weight excluding hydrogens is 420 g/mol. The molecule has 1 N–H and O–H groups in total. The van der Waals surface area contributed by atoms with Crippen molar-refractivity contribution in [3.63, 3.8) is 0 Å². The second-order valence-corrected chi connectivity index (χ2v) is 9.92. The molecule has 0 saturated heterocycles. The molecule has 0 aliphatic carbocycles. The fraction of sp³-hybridized carbons (Fsp3) is 0.400. The van der Waals surface area contributed by atoms with Crippen LogP contribution in [0.3, 0.4) is 0 Å². The zero-order valence-corrected chi connectivity index (χ0v) is 20.3. The molecule has 0 unspecified atom stereocenters. The minimum absolute atomic E-state index is 0.000532. The predicted molar refractivity (Wildman–Crippen MR) is 131 cm³/mol. The number of carbonyl (C=O) groups excluding carboxylic acids is 2. The summed E-state index contributed by atoms with van der Waals surface area (Å²) in [7, 11) is 0. The lowest BCUT2D eigenvalue weighted by Gasteiger charge is -2.21. The van der Waals surface area contributed by atoms with Gasteiger partial charge in [-0.2, -0.15) is 5.10 Å². The van der Waals surface area contributed by atoms with Crippen molar-refractivity contribution in [2.75, 3.05) is 18.4 Å². The summed E-state index contributed by atoms with van der Waals surface area (Å²) in [5.74, 6) is 0.265. The van der Waals surface area contributed by atoms with Crippen LogP contribution in [0.5, 0.6) is 0 Å². The topological polar surface area (TPSA) is 67.2 Å². The molecule has 2 heterocycles. The van der Waals surface area contributed by atoms with Crippen LogP contribution in [0.25, 0.3) is 5.69 Å². The highest BCUT2D eigenvalue weighted by Gasteiger charge is 2.24. The van der Waals surface area contributed by atoms with E-state index in [0.29, 0.717) is 17.2 Å². The van der Waals surface area contributed by atoms with Gasteiger partial charge in [-0.15, -0.1) is 11.3 Å². The maximum Gasteiger partial charge on any atom is 0.264 e. The second kappa shape index (κ2) is 10.1. The molecule has 0 fully saturated rings. The number of unbranched alkanes of at least 4 members (excludes halogenated alkanes) is 1. The standard InChI is InChI=1S/C25H32N4O2S/c1-6-7-14-28(24(31)20-13-10-15-32-20)17-23(30)26-22-16-21(25(3,4)5)27-29(22)19-12-9-8-11-18(19)2/h8-13,15-16H,6-7,14,17H2,1-5H3,(H,26,30). The van der Waals surface area contributed by atoms with Gasteiger partial charge in [-0.3, -0.25) is 9.59 Å². The number of hydrogen-bond acceptors (Lipinski definition) is 4. The Bertz CT molecular complexity index is 1060. The van der Waals surface area contributed by atoms with Crippen LogP contribution in [-0.4, -0.2) is 39.6 Å². The first kappa shape index (κ1) is 23.7. The number of carbonyl (C=O) groups is 2. The van der Waals surface area contributed by atoms with Gasteiger partial charge in [0.15, 0.2) is 0 Å². The van der Waals surface area contributed by atoms with Gasteiger partial charge in [0, 0.05) is 18.0 Å². The molecule has 0 aliphatic heterocycles. The Morgan fingerprint density at radius 2 is 1.91 bits per heavy atom. The van der Waals surface area contributed by atoms with Gasteiger partial charge < -0.3 is 10.2 Å². The maximum atomic E-state index is 13.0. The Balaban J connectivity index is 1.86. The van der Waals surface area contributed by atoms with E-state index in [1.165, 1.54) is 11.3 Å². The molecule has 0 spiro atoms. The summed E-state index contributed by atoms with van der Waals surface area (Å²) in [4.78, 5) is 28.2. The number of anilines is 1. The van der Waals surface area contributed by atoms with Crippen molar-refractivity contribution in [3.8, 4) is 5.69 Å². The average Bonchev–Trinajstić information content (AvgIpc) is 3.41. The van der Waals surface area contributed by atoms with Gasteiger partial charge in [0.05, 0.1) is 16.3 Å². The molecule has 0 atom stereocenters. The van der Waals surface area contributed by atoms with Crippen LogP contribution in [0.2, 0.25) is 0 Å². The number of para-hydroxylation sites is 1. The highest BCUT2D eigenvalue weighted by Crippen LogP contribution is 2.27. The van der Waals surface area contributed by atoms with Gasteiger partial charge in [0.1, 0.15) is 12.4 Å². The molecule has 6 nitrogen and oxygen atoms in total. The third-order valence-electron chi connectivity index (χ3n) is 5.22. The summed E-state index contributed by atoms with van der Waals surface area (Å²) in [6.07, 6.45) is 1.80. The van der Waals surface area contributed by atoms with Gasteiger partial charge >= 0.3 is 0 Å². The van der Waals surface area contributed by atoms with Crippen LogP contribution in [0.1, 0.15) is 61.5 Å². The highest BCUT2D eigenvalue weighted by molar-refractivity contribution is 7.12. The predicted octanol–water partition coefficient (Wildman–Crippen LogP) is 5.42. The molecule has 2 aromatic heterocycles. The van der Waals surface area contributed by atoms with Crippen LogP contribution < -0.4 is 5.32 Å². The Morgan fingerprint density at radius 3 is 2.53 bits per heavy atom. The Kier molecular flexibility index (Phi) is 7.51. The molecule has 1 aromatic carbocycles. The van der Waals surface area contributed by atoms with Crippen LogP contribution >= 0.6 is 11.3 Å². The van der Waals surface area contributed by atoms with E-state index in [9.17, 15) is 9.59 Å². The first-order chi connectivity index (χ1) is 15.2. The average molecular weight is 453 g/mol. The summed E-state index contributed by atoms with van der Waals surface area (Å²) in [5, 5.41) is 9.68. The van der Waals surface area contributed by atoms with Gasteiger partial charge in [-0.05, 0) is 36.4 Å². The van der Waals surface area contributed by atoms with Crippen LogP contribution in [0.4, 0.5) is 5.82 Å². The summed E-state index contributed by atoms with van der Waals surface area (Å²) in [6.45, 7) is 10.9. The molecule has 0 bridgehead atoms. The minimum atomic E-state index is -0.235. The van der Waals surface area contributed by atoms with E-state index in [-0.39, 0.29) is 23.8 Å². The van der Waals surface area contributed by atoms with Gasteiger partial charge in [0.2, 0.25) is 5.91 Å². The Labute approximate surface area is 194 Å². The van der Waals surface area contributed by atoms with Crippen molar-refractivity contribution in [2.45, 2.75) is 52.9 Å². The molecule has 32 heavy (non-hydrogen) atoms. The number of rotatable bonds is 8. The number of aryl methyl sites for hydroxylation is 1. The minimum Gasteiger partial charge on any atom is -0.329 e. The Morgan fingerprint density at radius 1 is 1.16 bits per heavy atom. The fourth-order valence-electron chi connectivity index (χ4n) is 3.33. The van der Waals surface area contributed by atoms with E-state index in [1.54, 1.807) is 15.6 Å². The summed E-state index contributed by atoms with van der Waals surface area (Å²) >= 11 is 1.39. The van der Waals surface area contributed by atoms with E-state index in [2.05, 4.69) is 33.0 Å². The smallest absolute Gasteiger partial charge is 0.264 e. The van der Waals surface area contributed by atoms with Crippen molar-refractivity contribution in [1.29, 1.82) is 0 Å². The van der Waals surface area contributed by atoms with Crippen molar-refractivity contribution in [1.82, 2.24) is 14.7 Å². The van der Waals surface area contributed by atoms with Crippen LogP contribution in [-0.2, 0) is 10.2 Å². The van der Waals surface area contributed by atoms with Crippen molar-refractivity contribution in [2.24, 2.45) is 0 Å². The molecule has 7 heteroatoms. The van der Waals surface area contributed by atoms with E-state index < -0.39 is 0 Å². The number of benzene rings is 1. The molecule has 170 valence electrons. The zero-order valence-electron chi connectivity index (χ0n) is 19.5. The van der Waals surface area contributed by atoms with Gasteiger partial charge in [-0.1, -0.05) is 58.4 Å². The highest BCUT2D eigenvalue weighted by atomic mass is 32.1. The summed E-state index contributed by atoms with van der Waals surface area (Å²) in [6, 6.07) is 13.5. The van der Waals surface area contributed by atoms with Crippen molar-refractivity contribution >= 4 is 29.0 Å². The Hall–Kier alpha value is -2.93. The normalized spacial score (nSPS) is 11.4. The molecule has 3 rings (SSSR count). The second-order valence-electron chi connectivity index (χ2n) is 8.97. The monoisotopic (exact) mass is 452 g/mol. The molecule has 0 saturated carbocycles. The molecule has 0 aliphatic rings. The first-order valence-corrected chi connectivity index (χ1v) is 11.9. The summed E-state index contributed by atoms with van der Waals surface area (Å²) in [5.41, 5.74) is 2.68. The molecule has 2 amide bonds. The summed E-state index contributed by atoms with van der Waals surface area (Å²) < 4.78 is 1.78. The number of hydrogen-bond donors (Lipinski definition) is 1. The molecule has 3 aromatic rings. The van der Waals surface area contributed by atoms with Crippen LogP contribution in [0.15, 0.2) is 47.8 Å². The SMILES string of the molecule is CCCCN(CC(=O)Nc1cc(C(C)(C)C)nn1-c1ccccc1C)C(=O)c1cccs1. The lowest BCUT2D eigenvalue weighted by molar-refractivity contribution is -0.116. The fourth-order valence-corrected chi connectivity index (χ4v) is 4.03. The number of nitrogens with zero attached hydrogens (tertiary/aromatic N) is 3. The van der Waals surface area contributed by atoms with E-state index in [0.717, 1.165) is 29.8 Å². The van der Waals surface area contributed by atoms with E-state index in [4.69, 9.17) is 5.10 Å². The van der Waals surface area contributed by atoms with Crippen molar-refractivity contribution in [3.05, 3.63) is 64.0 Å². The van der Waals surface area contributed by atoms with Gasteiger partial charge in [-0.25, -0.2) is 4.68 Å². The number of amides is 2. The van der Waals surface area contributed by atoms with E-state index in [1.807, 2.05) is 48.7 Å². The lowest BCUT2D eigenvalue weighted by atomic mass is 9.92.